The Morgan fingerprint density at radius 3 is 2.79 bits per heavy atom. The first-order valence-electron chi connectivity index (χ1n) is 5.72. The van der Waals surface area contributed by atoms with Gasteiger partial charge < -0.3 is 0 Å². The van der Waals surface area contributed by atoms with Crippen LogP contribution in [0.5, 0.6) is 0 Å². The second-order valence-electron chi connectivity index (χ2n) is 4.26. The van der Waals surface area contributed by atoms with Gasteiger partial charge in [-0.1, -0.05) is 12.1 Å². The molecule has 0 spiro atoms. The smallest absolute Gasteiger partial charge is 0.258 e. The molecule has 0 saturated carbocycles. The maximum atomic E-state index is 11.0. The number of aromatic nitrogens is 2. The summed E-state index contributed by atoms with van der Waals surface area (Å²) in [7, 11) is 0. The minimum absolute atomic E-state index is 0.163. The number of hydrogen-bond acceptors (Lipinski definition) is 3. The van der Waals surface area contributed by atoms with E-state index in [9.17, 15) is 4.91 Å². The second-order valence-corrected chi connectivity index (χ2v) is 4.26. The van der Waals surface area contributed by atoms with Crippen LogP contribution in [0.15, 0.2) is 24.3 Å². The molecule has 0 saturated heterocycles. The van der Waals surface area contributed by atoms with Crippen LogP contribution in [0, 0.1) is 30.1 Å². The molecule has 0 atom stereocenters. The molecule has 0 aliphatic carbocycles. The van der Waals surface area contributed by atoms with Crippen LogP contribution < -0.4 is 0 Å². The topological polar surface area (TPSA) is 81.9 Å². The average molecular weight is 257 g/mol. The van der Waals surface area contributed by atoms with Gasteiger partial charge in [0.25, 0.3) is 4.92 Å². The summed E-state index contributed by atoms with van der Waals surface area (Å²) in [5, 5.41) is 22.1. The molecule has 6 nitrogen and oxygen atoms in total. The highest BCUT2D eigenvalue weighted by Crippen LogP contribution is 2.22. The first kappa shape index (κ1) is 12.8. The zero-order valence-electron chi connectivity index (χ0n) is 10.7. The Kier molecular flexibility index (Phi) is 3.29. The van der Waals surface area contributed by atoms with Crippen molar-refractivity contribution in [2.24, 2.45) is 0 Å². The fraction of sp³-hybridized carbons (Fsp3) is 0.231. The van der Waals surface area contributed by atoms with Crippen molar-refractivity contribution < 1.29 is 10.1 Å². The summed E-state index contributed by atoms with van der Waals surface area (Å²) >= 11 is 0. The molecule has 1 aromatic heterocycles. The van der Waals surface area contributed by atoms with Gasteiger partial charge in [0, 0.05) is 0 Å². The van der Waals surface area contributed by atoms with Crippen LogP contribution >= 0.6 is 0 Å². The van der Waals surface area contributed by atoms with E-state index in [4.69, 9.17) is 10.5 Å². The molecule has 96 valence electrons. The Morgan fingerprint density at radius 2 is 2.21 bits per heavy atom. The lowest BCUT2D eigenvalue weighted by Gasteiger charge is -2.03. The van der Waals surface area contributed by atoms with Gasteiger partial charge in [0.15, 0.2) is 0 Å². The summed E-state index contributed by atoms with van der Waals surface area (Å²) in [5.74, 6) is 0. The number of nitrogens with zero attached hydrogens (tertiary/aromatic N) is 4. The Balaban J connectivity index is 2.37. The Hall–Kier alpha value is -2.68. The zero-order chi connectivity index (χ0) is 14.0. The first-order chi connectivity index (χ1) is 9.02. The van der Waals surface area contributed by atoms with E-state index in [1.54, 1.807) is 36.7 Å². The summed E-state index contributed by atoms with van der Waals surface area (Å²) in [6, 6.07) is 9.25. The third-order valence-electron chi connectivity index (χ3n) is 2.92. The van der Waals surface area contributed by atoms with Crippen molar-refractivity contribution in [2.45, 2.75) is 20.4 Å². The Bertz CT molecular complexity index is 682. The maximum absolute atomic E-state index is 11.0. The van der Waals surface area contributed by atoms with Gasteiger partial charge >= 0.3 is 5.69 Å². The van der Waals surface area contributed by atoms with Crippen LogP contribution in [0.2, 0.25) is 0 Å². The van der Waals surface area contributed by atoms with E-state index in [0.29, 0.717) is 23.5 Å². The van der Waals surface area contributed by atoms with E-state index in [0.717, 1.165) is 5.56 Å². The molecule has 0 unspecified atom stereocenters. The molecule has 2 rings (SSSR count). The van der Waals surface area contributed by atoms with E-state index in [1.165, 1.54) is 0 Å². The van der Waals surface area contributed by atoms with Gasteiger partial charge in [0.05, 0.1) is 23.1 Å². The van der Waals surface area contributed by atoms with E-state index < -0.39 is 0 Å². The van der Waals surface area contributed by atoms with E-state index in [1.807, 2.05) is 6.07 Å². The second kappa shape index (κ2) is 4.90. The third kappa shape index (κ3) is 2.45. The lowest BCUT2D eigenvalue weighted by atomic mass is 10.1. The van der Waals surface area contributed by atoms with Crippen LogP contribution in [0.4, 0.5) is 5.69 Å². The molecule has 2 aromatic rings. The molecule has 0 bridgehead atoms. The van der Waals surface area contributed by atoms with Crippen molar-refractivity contribution in [1.82, 2.24) is 9.78 Å². The summed E-state index contributed by atoms with van der Waals surface area (Å²) in [4.78, 5) is 10.9. The van der Waals surface area contributed by atoms with Crippen LogP contribution in [0.1, 0.15) is 22.5 Å². The van der Waals surface area contributed by atoms with Gasteiger partial charge in [-0.05, 0) is 31.5 Å². The highest BCUT2D eigenvalue weighted by Gasteiger charge is 2.26. The molecule has 1 heterocycles. The molecule has 0 aliphatic heterocycles. The standard InChI is InChI=1S/C13H13N4O2/c1-9-13(17(18)19)10(2)16(15-9)8-12-5-3-4-11(6-12)7-14/h3-6H,8H2,1-2H3,(H,18,19)/q+1. The molecule has 0 amide bonds. The SMILES string of the molecule is Cc1nn(Cc2cccc(C#N)c2)c(C)c1[N+](=O)O. The Labute approximate surface area is 110 Å². The molecule has 6 heteroatoms. The summed E-state index contributed by atoms with van der Waals surface area (Å²) in [6.45, 7) is 3.81. The number of benzene rings is 1. The monoisotopic (exact) mass is 257 g/mol. The number of rotatable bonds is 3. The first-order valence-corrected chi connectivity index (χ1v) is 5.72. The fourth-order valence-electron chi connectivity index (χ4n) is 2.03. The maximum Gasteiger partial charge on any atom is 0.359 e. The molecule has 1 N–H and O–H groups in total. The van der Waals surface area contributed by atoms with Crippen molar-refractivity contribution in [2.75, 3.05) is 0 Å². The molecule has 19 heavy (non-hydrogen) atoms. The minimum atomic E-state index is -0.167. The average Bonchev–Trinajstić information content (AvgIpc) is 2.64. The van der Waals surface area contributed by atoms with Crippen molar-refractivity contribution in [3.63, 3.8) is 0 Å². The van der Waals surface area contributed by atoms with Crippen LogP contribution in [-0.2, 0) is 6.54 Å². The highest BCUT2D eigenvalue weighted by molar-refractivity contribution is 5.39. The van der Waals surface area contributed by atoms with Gasteiger partial charge in [-0.15, -0.1) is 0 Å². The molecular formula is C13H13N4O2+. The Morgan fingerprint density at radius 1 is 1.47 bits per heavy atom. The van der Waals surface area contributed by atoms with Crippen LogP contribution in [0.3, 0.4) is 0 Å². The molecule has 1 aromatic carbocycles. The molecule has 0 radical (unpaired) electrons. The van der Waals surface area contributed by atoms with Gasteiger partial charge in [-0.3, -0.25) is 4.68 Å². The highest BCUT2D eigenvalue weighted by atomic mass is 16.6. The van der Waals surface area contributed by atoms with Crippen molar-refractivity contribution >= 4 is 5.69 Å². The van der Waals surface area contributed by atoms with Crippen molar-refractivity contribution in [3.8, 4) is 6.07 Å². The van der Waals surface area contributed by atoms with Gasteiger partial charge in [-0.2, -0.15) is 10.4 Å². The largest absolute Gasteiger partial charge is 0.359 e. The van der Waals surface area contributed by atoms with Gasteiger partial charge in [0.1, 0.15) is 11.4 Å². The van der Waals surface area contributed by atoms with Gasteiger partial charge in [0.2, 0.25) is 0 Å². The van der Waals surface area contributed by atoms with Gasteiger partial charge in [-0.25, -0.2) is 5.21 Å². The summed E-state index contributed by atoms with van der Waals surface area (Å²) in [5.41, 5.74) is 2.69. The lowest BCUT2D eigenvalue weighted by Crippen LogP contribution is -2.04. The number of nitriles is 1. The van der Waals surface area contributed by atoms with Crippen LogP contribution in [0.25, 0.3) is 0 Å². The van der Waals surface area contributed by atoms with E-state index in [-0.39, 0.29) is 10.6 Å². The fourth-order valence-corrected chi connectivity index (χ4v) is 2.03. The number of hydrogen-bond donors (Lipinski definition) is 1. The normalized spacial score (nSPS) is 10.2. The van der Waals surface area contributed by atoms with E-state index >= 15 is 0 Å². The van der Waals surface area contributed by atoms with Crippen LogP contribution in [-0.4, -0.2) is 19.9 Å². The van der Waals surface area contributed by atoms with E-state index in [2.05, 4.69) is 11.2 Å². The third-order valence-corrected chi connectivity index (χ3v) is 2.92. The number of aryl methyl sites for hydroxylation is 1. The van der Waals surface area contributed by atoms with Crippen molar-refractivity contribution in [3.05, 3.63) is 51.7 Å². The summed E-state index contributed by atoms with van der Waals surface area (Å²) < 4.78 is 1.63. The predicted molar refractivity (Wildman–Crippen MR) is 67.0 cm³/mol. The quantitative estimate of drug-likeness (QED) is 0.855. The summed E-state index contributed by atoms with van der Waals surface area (Å²) in [6.07, 6.45) is 0. The zero-order valence-corrected chi connectivity index (χ0v) is 10.7. The molecule has 0 fully saturated rings. The minimum Gasteiger partial charge on any atom is -0.258 e. The molecular weight excluding hydrogens is 244 g/mol. The predicted octanol–water partition coefficient (Wildman–Crippen LogP) is 2.22. The van der Waals surface area contributed by atoms with Crippen molar-refractivity contribution in [1.29, 1.82) is 5.26 Å². The molecule has 0 aliphatic rings. The lowest BCUT2D eigenvalue weighted by molar-refractivity contribution is -0.730.